The average Bonchev–Trinajstić information content (AvgIpc) is 2.91. The van der Waals surface area contributed by atoms with E-state index in [4.69, 9.17) is 0 Å². The van der Waals surface area contributed by atoms with E-state index in [-0.39, 0.29) is 0 Å². The Bertz CT molecular complexity index is 1190. The number of aryl methyl sites for hydroxylation is 1. The lowest BCUT2D eigenvalue weighted by molar-refractivity contribution is -0.0355. The van der Waals surface area contributed by atoms with Crippen LogP contribution in [-0.2, 0) is 11.0 Å². The first-order chi connectivity index (χ1) is 18.0. The van der Waals surface area contributed by atoms with Crippen LogP contribution in [-0.4, -0.2) is 66.8 Å². The van der Waals surface area contributed by atoms with Gasteiger partial charge in [0.25, 0.3) is 0 Å². The Balaban J connectivity index is 1.15. The van der Waals surface area contributed by atoms with Crippen LogP contribution in [0.25, 0.3) is 0 Å². The zero-order valence-electron chi connectivity index (χ0n) is 21.4. The molecule has 3 aromatic rings. The maximum absolute atomic E-state index is 13.2. The number of rotatable bonds is 8. The monoisotopic (exact) mass is 520 g/mol. The van der Waals surface area contributed by atoms with Crippen molar-refractivity contribution in [3.63, 3.8) is 0 Å². The van der Waals surface area contributed by atoms with Crippen molar-refractivity contribution >= 4 is 34.1 Å². The molecule has 1 aromatic heterocycles. The molecule has 1 atom stereocenters. The van der Waals surface area contributed by atoms with Crippen molar-refractivity contribution in [1.29, 1.82) is 0 Å². The van der Waals surface area contributed by atoms with E-state index in [9.17, 15) is 9.32 Å². The molecular weight excluding hydrogens is 484 g/mol. The van der Waals surface area contributed by atoms with Crippen LogP contribution in [0, 0.1) is 6.92 Å². The highest BCUT2D eigenvalue weighted by Crippen LogP contribution is 2.28. The van der Waals surface area contributed by atoms with Crippen molar-refractivity contribution in [1.82, 2.24) is 19.2 Å². The second-order valence-corrected chi connectivity index (χ2v) is 11.6. The molecule has 196 valence electrons. The summed E-state index contributed by atoms with van der Waals surface area (Å²) < 4.78 is 15.2. The topological polar surface area (TPSA) is 93.6 Å². The third kappa shape index (κ3) is 6.93. The molecule has 37 heavy (non-hydrogen) atoms. The molecule has 2 aromatic carbocycles. The zero-order chi connectivity index (χ0) is 25.7. The molecule has 3 heterocycles. The third-order valence-electron chi connectivity index (χ3n) is 7.15. The van der Waals surface area contributed by atoms with Gasteiger partial charge < -0.3 is 20.6 Å². The minimum Gasteiger partial charge on any atom is -0.388 e. The van der Waals surface area contributed by atoms with Crippen LogP contribution in [0.15, 0.2) is 65.7 Å². The average molecular weight is 521 g/mol. The summed E-state index contributed by atoms with van der Waals surface area (Å²) in [6.07, 6.45) is 6.75. The highest BCUT2D eigenvalue weighted by molar-refractivity contribution is 7.82. The number of nitrogens with one attached hydrogen (secondary N) is 2. The van der Waals surface area contributed by atoms with Crippen LogP contribution in [0.2, 0.25) is 0 Å². The summed E-state index contributed by atoms with van der Waals surface area (Å²) in [5.41, 5.74) is 2.32. The molecule has 3 N–H and O–H groups in total. The molecule has 2 saturated heterocycles. The van der Waals surface area contributed by atoms with E-state index in [1.165, 1.54) is 24.8 Å². The molecule has 2 fully saturated rings. The number of likely N-dealkylation sites (tertiary alicyclic amines) is 1. The van der Waals surface area contributed by atoms with Gasteiger partial charge in [0.2, 0.25) is 5.95 Å². The van der Waals surface area contributed by atoms with Crippen molar-refractivity contribution < 1.29 is 9.32 Å². The van der Waals surface area contributed by atoms with E-state index in [0.29, 0.717) is 37.7 Å². The molecule has 0 amide bonds. The molecule has 2 aliphatic rings. The van der Waals surface area contributed by atoms with Crippen LogP contribution in [0.5, 0.6) is 0 Å². The van der Waals surface area contributed by atoms with Gasteiger partial charge in [0.05, 0.1) is 10.5 Å². The Morgan fingerprint density at radius 3 is 2.24 bits per heavy atom. The smallest absolute Gasteiger partial charge is 0.229 e. The van der Waals surface area contributed by atoms with E-state index >= 15 is 0 Å². The summed E-state index contributed by atoms with van der Waals surface area (Å²) in [4.78, 5) is 12.0. The first-order valence-corrected chi connectivity index (χ1v) is 14.2. The Morgan fingerprint density at radius 2 is 1.54 bits per heavy atom. The normalized spacial score (nSPS) is 19.3. The van der Waals surface area contributed by atoms with Gasteiger partial charge in [-0.15, -0.1) is 0 Å². The SMILES string of the molecule is Cc1ccc(Nc2ccnc(Nc3ccc(S(=O)N4CCC(O)(CN5CCCCC5)CC4)cc3)n2)cc1. The van der Waals surface area contributed by atoms with Gasteiger partial charge in [-0.05, 0) is 88.2 Å². The predicted molar refractivity (Wildman–Crippen MR) is 149 cm³/mol. The number of piperidine rings is 2. The molecular formula is C28H36N6O2S. The minimum absolute atomic E-state index is 0.481. The number of nitrogens with zero attached hydrogens (tertiary/aromatic N) is 4. The summed E-state index contributed by atoms with van der Waals surface area (Å²) in [6, 6.07) is 17.5. The van der Waals surface area contributed by atoms with Crippen molar-refractivity contribution in [2.45, 2.75) is 49.5 Å². The second kappa shape index (κ2) is 11.7. The molecule has 0 radical (unpaired) electrons. The quantitative estimate of drug-likeness (QED) is 0.399. The molecule has 0 spiro atoms. The van der Waals surface area contributed by atoms with Gasteiger partial charge in [-0.3, -0.25) is 0 Å². The highest BCUT2D eigenvalue weighted by Gasteiger charge is 2.36. The van der Waals surface area contributed by atoms with E-state index in [1.807, 2.05) is 58.9 Å². The molecule has 9 heteroatoms. The summed E-state index contributed by atoms with van der Waals surface area (Å²) in [6.45, 7) is 6.21. The first-order valence-electron chi connectivity index (χ1n) is 13.1. The second-order valence-electron chi connectivity index (χ2n) is 10.1. The first kappa shape index (κ1) is 25.8. The van der Waals surface area contributed by atoms with Gasteiger partial charge in [-0.1, -0.05) is 24.1 Å². The molecule has 5 rings (SSSR count). The zero-order valence-corrected chi connectivity index (χ0v) is 22.2. The summed E-state index contributed by atoms with van der Waals surface area (Å²) >= 11 is 0. The van der Waals surface area contributed by atoms with Crippen molar-refractivity contribution in [2.75, 3.05) is 43.4 Å². The molecule has 0 aliphatic carbocycles. The lowest BCUT2D eigenvalue weighted by Crippen LogP contribution is -2.52. The number of aromatic nitrogens is 2. The lowest BCUT2D eigenvalue weighted by atomic mass is 9.91. The van der Waals surface area contributed by atoms with Gasteiger partial charge >= 0.3 is 0 Å². The number of hydrogen-bond acceptors (Lipinski definition) is 7. The maximum Gasteiger partial charge on any atom is 0.229 e. The van der Waals surface area contributed by atoms with Crippen LogP contribution in [0.1, 0.15) is 37.7 Å². The molecule has 1 unspecified atom stereocenters. The third-order valence-corrected chi connectivity index (χ3v) is 8.66. The Morgan fingerprint density at radius 1 is 0.892 bits per heavy atom. The van der Waals surface area contributed by atoms with E-state index < -0.39 is 16.6 Å². The largest absolute Gasteiger partial charge is 0.388 e. The molecule has 2 aliphatic heterocycles. The van der Waals surface area contributed by atoms with E-state index in [1.54, 1.807) is 6.20 Å². The summed E-state index contributed by atoms with van der Waals surface area (Å²) in [7, 11) is -1.25. The van der Waals surface area contributed by atoms with Gasteiger partial charge in [0, 0.05) is 37.2 Å². The molecule has 8 nitrogen and oxygen atoms in total. The van der Waals surface area contributed by atoms with Gasteiger partial charge in [0.15, 0.2) is 0 Å². The lowest BCUT2D eigenvalue weighted by Gasteiger charge is -2.41. The van der Waals surface area contributed by atoms with Gasteiger partial charge in [-0.25, -0.2) is 13.5 Å². The van der Waals surface area contributed by atoms with Crippen LogP contribution < -0.4 is 10.6 Å². The number of benzene rings is 2. The van der Waals surface area contributed by atoms with Crippen LogP contribution in [0.3, 0.4) is 0 Å². The fraction of sp³-hybridized carbons (Fsp3) is 0.429. The Kier molecular flexibility index (Phi) is 8.14. The van der Waals surface area contributed by atoms with E-state index in [0.717, 1.165) is 35.9 Å². The Labute approximate surface area is 221 Å². The fourth-order valence-corrected chi connectivity index (χ4v) is 6.15. The highest BCUT2D eigenvalue weighted by atomic mass is 32.2. The molecule has 0 saturated carbocycles. The number of hydrogen-bond donors (Lipinski definition) is 3. The summed E-state index contributed by atoms with van der Waals surface area (Å²) in [5.74, 6) is 1.18. The van der Waals surface area contributed by atoms with Gasteiger partial charge in [-0.2, -0.15) is 4.98 Å². The Hall–Kier alpha value is -2.85. The predicted octanol–water partition coefficient (Wildman–Crippen LogP) is 4.61. The van der Waals surface area contributed by atoms with Crippen molar-refractivity contribution in [2.24, 2.45) is 0 Å². The van der Waals surface area contributed by atoms with Crippen molar-refractivity contribution in [3.8, 4) is 0 Å². The number of β-amino-alcohol motifs (C(OH)–C–C–N with tert-alkyl or cyclic N) is 1. The standard InChI is InChI=1S/C28H36N6O2S/c1-22-5-7-23(8-6-22)30-26-13-16-29-27(32-26)31-24-9-11-25(12-10-24)37(36)34-19-14-28(35,15-20-34)21-33-17-3-2-4-18-33/h5-13,16,35H,2-4,14-15,17-21H2,1H3,(H2,29,30,31,32). The van der Waals surface area contributed by atoms with E-state index in [2.05, 4.69) is 32.4 Å². The molecule has 0 bridgehead atoms. The fourth-order valence-electron chi connectivity index (χ4n) is 4.97. The van der Waals surface area contributed by atoms with Crippen molar-refractivity contribution in [3.05, 3.63) is 66.4 Å². The van der Waals surface area contributed by atoms with Crippen LogP contribution in [0.4, 0.5) is 23.1 Å². The maximum atomic E-state index is 13.2. The van der Waals surface area contributed by atoms with Crippen LogP contribution >= 0.6 is 0 Å². The minimum atomic E-state index is -1.25. The number of aliphatic hydroxyl groups is 1. The van der Waals surface area contributed by atoms with Gasteiger partial charge in [0.1, 0.15) is 16.8 Å². The number of anilines is 4. The summed E-state index contributed by atoms with van der Waals surface area (Å²) in [5, 5.41) is 17.6.